The highest BCUT2D eigenvalue weighted by molar-refractivity contribution is 5.96. The molecule has 0 heterocycles. The number of rotatable bonds is 2. The van der Waals surface area contributed by atoms with E-state index in [-0.39, 0.29) is 0 Å². The lowest BCUT2D eigenvalue weighted by Crippen LogP contribution is -1.84. The third-order valence-corrected chi connectivity index (χ3v) is 1.66. The van der Waals surface area contributed by atoms with Crippen molar-refractivity contribution in [2.45, 2.75) is 13.8 Å². The van der Waals surface area contributed by atoms with Crippen LogP contribution in [0.25, 0.3) is 5.57 Å². The second-order valence-electron chi connectivity index (χ2n) is 2.88. The highest BCUT2D eigenvalue weighted by Gasteiger charge is 1.92. The SMILES string of the molecule is CC(=N)C=C(C)c1ccccc1. The highest BCUT2D eigenvalue weighted by atomic mass is 14.4. The summed E-state index contributed by atoms with van der Waals surface area (Å²) in [6.07, 6.45) is 1.87. The Morgan fingerprint density at radius 1 is 1.17 bits per heavy atom. The van der Waals surface area contributed by atoms with E-state index in [1.807, 2.05) is 31.2 Å². The molecular formula is C11H13N. The van der Waals surface area contributed by atoms with Gasteiger partial charge in [0.1, 0.15) is 0 Å². The second-order valence-corrected chi connectivity index (χ2v) is 2.88. The molecule has 0 saturated carbocycles. The first-order chi connectivity index (χ1) is 5.70. The maximum Gasteiger partial charge on any atom is 0.0285 e. The Kier molecular flexibility index (Phi) is 2.81. The van der Waals surface area contributed by atoms with Crippen molar-refractivity contribution in [1.82, 2.24) is 0 Å². The van der Waals surface area contributed by atoms with E-state index >= 15 is 0 Å². The van der Waals surface area contributed by atoms with Crippen molar-refractivity contribution in [3.8, 4) is 0 Å². The average Bonchev–Trinajstić information content (AvgIpc) is 2.05. The van der Waals surface area contributed by atoms with Gasteiger partial charge in [0, 0.05) is 5.71 Å². The van der Waals surface area contributed by atoms with Crippen LogP contribution in [0.1, 0.15) is 19.4 Å². The van der Waals surface area contributed by atoms with Crippen LogP contribution in [-0.2, 0) is 0 Å². The zero-order valence-corrected chi connectivity index (χ0v) is 7.46. The first kappa shape index (κ1) is 8.72. The Balaban J connectivity index is 2.93. The zero-order chi connectivity index (χ0) is 8.97. The molecule has 0 aromatic heterocycles. The van der Waals surface area contributed by atoms with Crippen LogP contribution in [0.4, 0.5) is 0 Å². The van der Waals surface area contributed by atoms with Gasteiger partial charge in [0.05, 0.1) is 0 Å². The maximum atomic E-state index is 7.30. The molecule has 0 unspecified atom stereocenters. The van der Waals surface area contributed by atoms with Gasteiger partial charge in [-0.2, -0.15) is 0 Å². The van der Waals surface area contributed by atoms with Gasteiger partial charge >= 0.3 is 0 Å². The topological polar surface area (TPSA) is 23.9 Å². The van der Waals surface area contributed by atoms with Gasteiger partial charge in [0.2, 0.25) is 0 Å². The molecule has 62 valence electrons. The number of nitrogens with one attached hydrogen (secondary N) is 1. The van der Waals surface area contributed by atoms with Crippen LogP contribution in [-0.4, -0.2) is 5.71 Å². The summed E-state index contributed by atoms with van der Waals surface area (Å²) < 4.78 is 0. The summed E-state index contributed by atoms with van der Waals surface area (Å²) in [6, 6.07) is 10.1. The van der Waals surface area contributed by atoms with Gasteiger partial charge in [-0.15, -0.1) is 0 Å². The summed E-state index contributed by atoms with van der Waals surface area (Å²) in [6.45, 7) is 3.81. The number of hydrogen-bond acceptors (Lipinski definition) is 1. The fourth-order valence-electron chi connectivity index (χ4n) is 1.11. The summed E-state index contributed by atoms with van der Waals surface area (Å²) in [5.41, 5.74) is 2.92. The molecular weight excluding hydrogens is 146 g/mol. The molecule has 1 rings (SSSR count). The van der Waals surface area contributed by atoms with E-state index in [4.69, 9.17) is 5.41 Å². The molecule has 0 spiro atoms. The van der Waals surface area contributed by atoms with Crippen LogP contribution in [0.2, 0.25) is 0 Å². The van der Waals surface area contributed by atoms with Crippen molar-refractivity contribution in [2.75, 3.05) is 0 Å². The molecule has 0 atom stereocenters. The predicted molar refractivity (Wildman–Crippen MR) is 53.5 cm³/mol. The first-order valence-corrected chi connectivity index (χ1v) is 3.99. The normalized spacial score (nSPS) is 11.3. The Hall–Kier alpha value is -1.37. The quantitative estimate of drug-likeness (QED) is 0.641. The van der Waals surface area contributed by atoms with Crippen LogP contribution in [0, 0.1) is 5.41 Å². The lowest BCUT2D eigenvalue weighted by atomic mass is 10.1. The smallest absolute Gasteiger partial charge is 0.0285 e. The van der Waals surface area contributed by atoms with Crippen LogP contribution >= 0.6 is 0 Å². The molecule has 1 heteroatoms. The van der Waals surface area contributed by atoms with Gasteiger partial charge in [-0.05, 0) is 31.1 Å². The minimum absolute atomic E-state index is 0.594. The fourth-order valence-corrected chi connectivity index (χ4v) is 1.11. The Morgan fingerprint density at radius 3 is 2.25 bits per heavy atom. The molecule has 0 radical (unpaired) electrons. The van der Waals surface area contributed by atoms with Crippen molar-refractivity contribution in [2.24, 2.45) is 0 Å². The monoisotopic (exact) mass is 159 g/mol. The number of benzene rings is 1. The van der Waals surface area contributed by atoms with Gasteiger partial charge in [0.25, 0.3) is 0 Å². The number of allylic oxidation sites excluding steroid dienone is 2. The molecule has 0 aliphatic rings. The lowest BCUT2D eigenvalue weighted by Gasteiger charge is -1.99. The Morgan fingerprint density at radius 2 is 1.75 bits per heavy atom. The van der Waals surface area contributed by atoms with E-state index in [0.717, 1.165) is 5.57 Å². The fraction of sp³-hybridized carbons (Fsp3) is 0.182. The third kappa shape index (κ3) is 2.35. The van der Waals surface area contributed by atoms with Gasteiger partial charge in [-0.25, -0.2) is 0 Å². The van der Waals surface area contributed by atoms with Crippen LogP contribution < -0.4 is 0 Å². The van der Waals surface area contributed by atoms with Crippen LogP contribution in [0.15, 0.2) is 36.4 Å². The van der Waals surface area contributed by atoms with E-state index in [0.29, 0.717) is 5.71 Å². The van der Waals surface area contributed by atoms with Crippen molar-refractivity contribution in [1.29, 1.82) is 5.41 Å². The average molecular weight is 159 g/mol. The van der Waals surface area contributed by atoms with Gasteiger partial charge in [0.15, 0.2) is 0 Å². The second kappa shape index (κ2) is 3.86. The highest BCUT2D eigenvalue weighted by Crippen LogP contribution is 2.12. The number of hydrogen-bond donors (Lipinski definition) is 1. The summed E-state index contributed by atoms with van der Waals surface area (Å²) in [5.74, 6) is 0. The predicted octanol–water partition coefficient (Wildman–Crippen LogP) is 3.13. The molecule has 0 aliphatic heterocycles. The maximum absolute atomic E-state index is 7.30. The van der Waals surface area contributed by atoms with Crippen molar-refractivity contribution in [3.63, 3.8) is 0 Å². The molecule has 1 aromatic carbocycles. The van der Waals surface area contributed by atoms with Crippen LogP contribution in [0.5, 0.6) is 0 Å². The minimum Gasteiger partial charge on any atom is -0.306 e. The molecule has 1 aromatic rings. The van der Waals surface area contributed by atoms with Gasteiger partial charge < -0.3 is 5.41 Å². The van der Waals surface area contributed by atoms with E-state index in [1.54, 1.807) is 6.92 Å². The van der Waals surface area contributed by atoms with Crippen LogP contribution in [0.3, 0.4) is 0 Å². The summed E-state index contributed by atoms with van der Waals surface area (Å²) in [4.78, 5) is 0. The summed E-state index contributed by atoms with van der Waals surface area (Å²) in [5, 5.41) is 7.30. The van der Waals surface area contributed by atoms with Crippen molar-refractivity contribution >= 4 is 11.3 Å². The Bertz CT molecular complexity index is 296. The standard InChI is InChI=1S/C11H13N/c1-9(8-10(2)12)11-6-4-3-5-7-11/h3-8,12H,1-2H3. The Labute approximate surface area is 73.3 Å². The molecule has 12 heavy (non-hydrogen) atoms. The van der Waals surface area contributed by atoms with E-state index < -0.39 is 0 Å². The molecule has 1 N–H and O–H groups in total. The first-order valence-electron chi connectivity index (χ1n) is 3.99. The van der Waals surface area contributed by atoms with E-state index in [1.165, 1.54) is 5.56 Å². The van der Waals surface area contributed by atoms with Gasteiger partial charge in [-0.3, -0.25) is 0 Å². The van der Waals surface area contributed by atoms with E-state index in [9.17, 15) is 0 Å². The lowest BCUT2D eigenvalue weighted by molar-refractivity contribution is 1.49. The third-order valence-electron chi connectivity index (χ3n) is 1.66. The van der Waals surface area contributed by atoms with Gasteiger partial charge in [-0.1, -0.05) is 30.3 Å². The summed E-state index contributed by atoms with van der Waals surface area (Å²) in [7, 11) is 0. The minimum atomic E-state index is 0.594. The van der Waals surface area contributed by atoms with E-state index in [2.05, 4.69) is 12.1 Å². The van der Waals surface area contributed by atoms with Crippen molar-refractivity contribution in [3.05, 3.63) is 42.0 Å². The largest absolute Gasteiger partial charge is 0.306 e. The zero-order valence-electron chi connectivity index (χ0n) is 7.46. The van der Waals surface area contributed by atoms with Crippen molar-refractivity contribution < 1.29 is 0 Å². The molecule has 0 bridgehead atoms. The molecule has 0 fully saturated rings. The molecule has 0 aliphatic carbocycles. The molecule has 0 amide bonds. The summed E-state index contributed by atoms with van der Waals surface area (Å²) >= 11 is 0. The molecule has 1 nitrogen and oxygen atoms in total. The molecule has 0 saturated heterocycles.